The smallest absolute Gasteiger partial charge is 0.184 e. The first kappa shape index (κ1) is 12.7. The summed E-state index contributed by atoms with van der Waals surface area (Å²) in [5.41, 5.74) is 0. The molecule has 0 aliphatic rings. The fraction of sp³-hybridized carbons (Fsp3) is 0.636. The van der Waals surface area contributed by atoms with Gasteiger partial charge < -0.3 is 0 Å². The van der Waals surface area contributed by atoms with Crippen molar-refractivity contribution in [2.45, 2.75) is 50.2 Å². The minimum Gasteiger partial charge on any atom is -0.223 e. The van der Waals surface area contributed by atoms with Crippen molar-refractivity contribution in [3.05, 3.63) is 16.3 Å². The number of thiophene rings is 1. The summed E-state index contributed by atoms with van der Waals surface area (Å²) in [5, 5.41) is 1.86. The van der Waals surface area contributed by atoms with Crippen LogP contribution in [0.2, 0.25) is 0 Å². The summed E-state index contributed by atoms with van der Waals surface area (Å²) in [6, 6.07) is 1.72. The van der Waals surface area contributed by atoms with Gasteiger partial charge in [-0.2, -0.15) is 0 Å². The van der Waals surface area contributed by atoms with Crippen molar-refractivity contribution < 1.29 is 8.42 Å². The topological polar surface area (TPSA) is 34.1 Å². The van der Waals surface area contributed by atoms with E-state index in [1.54, 1.807) is 26.8 Å². The minimum atomic E-state index is -3.20. The number of sulfone groups is 1. The average molecular weight is 246 g/mol. The quantitative estimate of drug-likeness (QED) is 0.801. The van der Waals surface area contributed by atoms with Crippen molar-refractivity contribution in [2.75, 3.05) is 0 Å². The van der Waals surface area contributed by atoms with Crippen LogP contribution in [0.25, 0.3) is 0 Å². The summed E-state index contributed by atoms with van der Waals surface area (Å²) in [6.45, 7) is 9.26. The largest absolute Gasteiger partial charge is 0.223 e. The summed E-state index contributed by atoms with van der Waals surface area (Å²) in [6.07, 6.45) is 0. The summed E-state index contributed by atoms with van der Waals surface area (Å²) in [4.78, 5) is 1.47. The highest BCUT2D eigenvalue weighted by Crippen LogP contribution is 2.34. The van der Waals surface area contributed by atoms with Gasteiger partial charge in [-0.1, -0.05) is 13.8 Å². The van der Waals surface area contributed by atoms with Crippen LogP contribution in [0.15, 0.2) is 16.3 Å². The molecule has 4 heteroatoms. The third-order valence-corrected chi connectivity index (χ3v) is 6.17. The van der Waals surface area contributed by atoms with Crippen molar-refractivity contribution in [3.63, 3.8) is 0 Å². The lowest BCUT2D eigenvalue weighted by Crippen LogP contribution is -2.28. The first-order valence-corrected chi connectivity index (χ1v) is 7.36. The van der Waals surface area contributed by atoms with E-state index in [1.165, 1.54) is 11.3 Å². The van der Waals surface area contributed by atoms with Crippen LogP contribution in [0.4, 0.5) is 0 Å². The maximum atomic E-state index is 12.2. The van der Waals surface area contributed by atoms with Gasteiger partial charge in [-0.15, -0.1) is 11.3 Å². The summed E-state index contributed by atoms with van der Waals surface area (Å²) in [5.74, 6) is 0.261. The highest BCUT2D eigenvalue weighted by Gasteiger charge is 2.33. The van der Waals surface area contributed by atoms with Crippen LogP contribution in [0.3, 0.4) is 0 Å². The molecule has 0 amide bonds. The minimum absolute atomic E-state index is 0.261. The predicted molar refractivity (Wildman–Crippen MR) is 65.3 cm³/mol. The molecule has 0 fully saturated rings. The van der Waals surface area contributed by atoms with Crippen molar-refractivity contribution >= 4 is 21.2 Å². The number of rotatable bonds is 2. The molecule has 0 bridgehead atoms. The van der Waals surface area contributed by atoms with Crippen molar-refractivity contribution in [2.24, 2.45) is 0 Å². The molecular formula is C11H18O2S2. The Bertz CT molecular complexity index is 433. The van der Waals surface area contributed by atoms with Gasteiger partial charge in [-0.25, -0.2) is 8.42 Å². The highest BCUT2D eigenvalue weighted by atomic mass is 32.2. The summed E-state index contributed by atoms with van der Waals surface area (Å²) >= 11 is 1.52. The lowest BCUT2D eigenvalue weighted by atomic mass is 10.2. The van der Waals surface area contributed by atoms with E-state index in [-0.39, 0.29) is 5.92 Å². The molecule has 86 valence electrons. The fourth-order valence-corrected chi connectivity index (χ4v) is 4.06. The maximum Gasteiger partial charge on any atom is 0.184 e. The molecular weight excluding hydrogens is 228 g/mol. The molecule has 0 aromatic carbocycles. The van der Waals surface area contributed by atoms with E-state index in [0.717, 1.165) is 4.88 Å². The molecule has 1 aromatic heterocycles. The second-order valence-corrected chi connectivity index (χ2v) is 8.54. The van der Waals surface area contributed by atoms with Crippen LogP contribution in [0, 0.1) is 0 Å². The Labute approximate surface area is 96.3 Å². The first-order chi connectivity index (χ1) is 6.68. The molecule has 0 saturated carbocycles. The van der Waals surface area contributed by atoms with Gasteiger partial charge in [0.2, 0.25) is 0 Å². The molecule has 1 aromatic rings. The van der Waals surface area contributed by atoms with E-state index in [9.17, 15) is 8.42 Å². The molecule has 0 atom stereocenters. The van der Waals surface area contributed by atoms with Crippen LogP contribution in [0.1, 0.15) is 45.4 Å². The second-order valence-electron chi connectivity index (χ2n) is 4.92. The Morgan fingerprint density at radius 1 is 1.27 bits per heavy atom. The van der Waals surface area contributed by atoms with Gasteiger partial charge in [-0.3, -0.25) is 0 Å². The third-order valence-electron chi connectivity index (χ3n) is 2.28. The monoisotopic (exact) mass is 246 g/mol. The Hall–Kier alpha value is -0.350. The summed E-state index contributed by atoms with van der Waals surface area (Å²) in [7, 11) is -3.20. The van der Waals surface area contributed by atoms with Crippen LogP contribution < -0.4 is 0 Å². The van der Waals surface area contributed by atoms with Crippen LogP contribution >= 0.6 is 11.3 Å². The van der Waals surface area contributed by atoms with Gasteiger partial charge in [0.05, 0.1) is 9.64 Å². The average Bonchev–Trinajstić information content (AvgIpc) is 2.48. The zero-order valence-corrected chi connectivity index (χ0v) is 11.5. The van der Waals surface area contributed by atoms with Gasteiger partial charge in [0.15, 0.2) is 9.84 Å². The van der Waals surface area contributed by atoms with Gasteiger partial charge in [0.25, 0.3) is 0 Å². The third kappa shape index (κ3) is 2.26. The van der Waals surface area contributed by atoms with E-state index < -0.39 is 14.6 Å². The standard InChI is InChI=1S/C11H18O2S2/c1-8(2)10-9(6-7-14-10)15(12,13)11(3,4)5/h6-8H,1-5H3. The molecule has 0 N–H and O–H groups in total. The first-order valence-electron chi connectivity index (χ1n) is 5.00. The molecule has 1 heterocycles. The van der Waals surface area contributed by atoms with Crippen LogP contribution in [-0.2, 0) is 9.84 Å². The molecule has 0 unspecified atom stereocenters. The Morgan fingerprint density at radius 3 is 2.20 bits per heavy atom. The lowest BCUT2D eigenvalue weighted by Gasteiger charge is -2.20. The Kier molecular flexibility index (Phi) is 3.31. The van der Waals surface area contributed by atoms with Gasteiger partial charge in [-0.05, 0) is 38.1 Å². The molecule has 0 saturated heterocycles. The van der Waals surface area contributed by atoms with Gasteiger partial charge in [0.1, 0.15) is 0 Å². The van der Waals surface area contributed by atoms with E-state index >= 15 is 0 Å². The van der Waals surface area contributed by atoms with Gasteiger partial charge >= 0.3 is 0 Å². The lowest BCUT2D eigenvalue weighted by molar-refractivity contribution is 0.559. The molecule has 0 spiro atoms. The summed E-state index contributed by atoms with van der Waals surface area (Å²) < 4.78 is 23.8. The Balaban J connectivity index is 3.35. The maximum absolute atomic E-state index is 12.2. The van der Waals surface area contributed by atoms with Crippen molar-refractivity contribution in [1.29, 1.82) is 0 Å². The van der Waals surface area contributed by atoms with E-state index in [4.69, 9.17) is 0 Å². The molecule has 2 nitrogen and oxygen atoms in total. The fourth-order valence-electron chi connectivity index (χ4n) is 1.28. The van der Waals surface area contributed by atoms with Crippen molar-refractivity contribution in [1.82, 2.24) is 0 Å². The normalized spacial score (nSPS) is 13.5. The number of hydrogen-bond donors (Lipinski definition) is 0. The number of hydrogen-bond acceptors (Lipinski definition) is 3. The van der Waals surface area contributed by atoms with Gasteiger partial charge in [0, 0.05) is 4.88 Å². The second kappa shape index (κ2) is 3.91. The van der Waals surface area contributed by atoms with E-state index in [1.807, 2.05) is 19.2 Å². The van der Waals surface area contributed by atoms with E-state index in [0.29, 0.717) is 4.90 Å². The molecule has 0 aliphatic heterocycles. The Morgan fingerprint density at radius 2 is 1.80 bits per heavy atom. The molecule has 15 heavy (non-hydrogen) atoms. The molecule has 0 radical (unpaired) electrons. The molecule has 1 rings (SSSR count). The molecule has 0 aliphatic carbocycles. The van der Waals surface area contributed by atoms with Crippen molar-refractivity contribution in [3.8, 4) is 0 Å². The SMILES string of the molecule is CC(C)c1sccc1S(=O)(=O)C(C)(C)C. The predicted octanol–water partition coefficient (Wildman–Crippen LogP) is 3.44. The zero-order valence-electron chi connectivity index (χ0n) is 9.87. The van der Waals surface area contributed by atoms with E-state index in [2.05, 4.69) is 0 Å². The zero-order chi connectivity index (χ0) is 11.9. The van der Waals surface area contributed by atoms with Crippen LogP contribution in [0.5, 0.6) is 0 Å². The highest BCUT2D eigenvalue weighted by molar-refractivity contribution is 7.93. The van der Waals surface area contributed by atoms with Crippen LogP contribution in [-0.4, -0.2) is 13.2 Å².